The van der Waals surface area contributed by atoms with Crippen molar-refractivity contribution in [2.45, 2.75) is 27.7 Å². The average molecular weight is 645 g/mol. The highest BCUT2D eigenvalue weighted by Gasteiger charge is 2.18. The normalized spacial score (nSPS) is 11.2. The third-order valence-electron chi connectivity index (χ3n) is 9.75. The van der Waals surface area contributed by atoms with Gasteiger partial charge in [-0.25, -0.2) is 0 Å². The molecule has 0 aliphatic rings. The van der Waals surface area contributed by atoms with Crippen LogP contribution in [0.5, 0.6) is 0 Å². The van der Waals surface area contributed by atoms with Crippen LogP contribution in [-0.2, 0) is 0 Å². The van der Waals surface area contributed by atoms with Crippen molar-refractivity contribution in [2.75, 3.05) is 9.80 Å². The van der Waals surface area contributed by atoms with Gasteiger partial charge in [0.15, 0.2) is 0 Å². The molecule has 2 heteroatoms. The van der Waals surface area contributed by atoms with E-state index in [4.69, 9.17) is 0 Å². The summed E-state index contributed by atoms with van der Waals surface area (Å²) in [7, 11) is 0. The zero-order valence-electron chi connectivity index (χ0n) is 29.1. The van der Waals surface area contributed by atoms with Gasteiger partial charge >= 0.3 is 0 Å². The first-order valence-electron chi connectivity index (χ1n) is 17.3. The lowest BCUT2D eigenvalue weighted by atomic mass is 10.0. The molecule has 0 aliphatic heterocycles. The van der Waals surface area contributed by atoms with Gasteiger partial charge in [0.1, 0.15) is 0 Å². The maximum Gasteiger partial charge on any atom is 0.0490 e. The molecule has 0 atom stereocenters. The minimum atomic E-state index is 1.13. The smallest absolute Gasteiger partial charge is 0.0490 e. The first-order valence-corrected chi connectivity index (χ1v) is 17.3. The number of anilines is 6. The SMILES string of the molecule is Cc1ccc(N(c2ccc(-c3ccc(N(c4ccc5ccccc5c4)c4ccc(C)cc4C)cc3)cc2)c2ccc3ccccc3c2)c(C)c1. The van der Waals surface area contributed by atoms with Crippen LogP contribution in [0.15, 0.2) is 170 Å². The largest absolute Gasteiger partial charge is 0.310 e. The maximum atomic E-state index is 2.37. The second-order valence-electron chi connectivity index (χ2n) is 13.4. The van der Waals surface area contributed by atoms with E-state index >= 15 is 0 Å². The van der Waals surface area contributed by atoms with Crippen molar-refractivity contribution in [3.05, 3.63) is 192 Å². The van der Waals surface area contributed by atoms with Gasteiger partial charge in [-0.2, -0.15) is 0 Å². The Hall–Kier alpha value is -6.12. The van der Waals surface area contributed by atoms with Crippen molar-refractivity contribution in [1.82, 2.24) is 0 Å². The van der Waals surface area contributed by atoms with Gasteiger partial charge in [-0.15, -0.1) is 0 Å². The van der Waals surface area contributed by atoms with Crippen LogP contribution < -0.4 is 9.80 Å². The fourth-order valence-electron chi connectivity index (χ4n) is 7.20. The zero-order chi connectivity index (χ0) is 34.2. The topological polar surface area (TPSA) is 6.48 Å². The maximum absolute atomic E-state index is 2.37. The lowest BCUT2D eigenvalue weighted by Crippen LogP contribution is -2.11. The lowest BCUT2D eigenvalue weighted by Gasteiger charge is -2.28. The Kier molecular flexibility index (Phi) is 8.14. The molecule has 8 rings (SSSR count). The molecule has 0 saturated carbocycles. The summed E-state index contributed by atoms with van der Waals surface area (Å²) < 4.78 is 0. The summed E-state index contributed by atoms with van der Waals surface area (Å²) in [4.78, 5) is 4.75. The van der Waals surface area contributed by atoms with Gasteiger partial charge in [-0.05, 0) is 132 Å². The van der Waals surface area contributed by atoms with Crippen LogP contribution in [0, 0.1) is 27.7 Å². The Morgan fingerprint density at radius 3 is 1.04 bits per heavy atom. The average Bonchev–Trinajstić information content (AvgIpc) is 3.14. The summed E-state index contributed by atoms with van der Waals surface area (Å²) in [6.45, 7) is 8.71. The standard InChI is InChI=1S/C48H40N2/c1-33-13-27-47(35(3)29-33)49(45-25-19-37-9-5-7-11-41(37)31-45)43-21-15-39(16-22-43)40-17-23-44(24-18-40)50(48-28-14-34(2)30-36(48)4)46-26-20-38-10-6-8-12-42(38)32-46/h5-32H,1-4H3. The van der Waals surface area contributed by atoms with Gasteiger partial charge in [0.2, 0.25) is 0 Å². The Labute approximate surface area is 295 Å². The molecule has 0 unspecified atom stereocenters. The molecule has 0 heterocycles. The number of benzene rings is 8. The highest BCUT2D eigenvalue weighted by molar-refractivity contribution is 5.91. The molecule has 2 nitrogen and oxygen atoms in total. The minimum absolute atomic E-state index is 1.13. The van der Waals surface area contributed by atoms with E-state index in [1.165, 1.54) is 66.3 Å². The second kappa shape index (κ2) is 13.1. The zero-order valence-corrected chi connectivity index (χ0v) is 29.1. The molecular weight excluding hydrogens is 605 g/mol. The Balaban J connectivity index is 1.15. The molecule has 0 bridgehead atoms. The van der Waals surface area contributed by atoms with E-state index in [2.05, 4.69) is 207 Å². The number of rotatable bonds is 7. The number of hydrogen-bond donors (Lipinski definition) is 0. The van der Waals surface area contributed by atoms with Gasteiger partial charge < -0.3 is 9.80 Å². The summed E-state index contributed by atoms with van der Waals surface area (Å²) in [6, 6.07) is 62.0. The monoisotopic (exact) mass is 644 g/mol. The van der Waals surface area contributed by atoms with E-state index in [1.54, 1.807) is 0 Å². The van der Waals surface area contributed by atoms with Gasteiger partial charge in [-0.1, -0.05) is 120 Å². The third kappa shape index (κ3) is 6.01. The first-order chi connectivity index (χ1) is 24.4. The van der Waals surface area contributed by atoms with Crippen molar-refractivity contribution in [2.24, 2.45) is 0 Å². The van der Waals surface area contributed by atoms with Crippen LogP contribution in [-0.4, -0.2) is 0 Å². The van der Waals surface area contributed by atoms with Crippen molar-refractivity contribution >= 4 is 55.7 Å². The summed E-state index contributed by atoms with van der Waals surface area (Å²) in [6.07, 6.45) is 0. The number of hydrogen-bond acceptors (Lipinski definition) is 2. The Morgan fingerprint density at radius 1 is 0.300 bits per heavy atom. The fourth-order valence-corrected chi connectivity index (χ4v) is 7.20. The van der Waals surface area contributed by atoms with Crippen LogP contribution in [0.25, 0.3) is 32.7 Å². The number of fused-ring (bicyclic) bond motifs is 2. The van der Waals surface area contributed by atoms with E-state index in [-0.39, 0.29) is 0 Å². The molecule has 242 valence electrons. The molecule has 0 radical (unpaired) electrons. The van der Waals surface area contributed by atoms with Crippen molar-refractivity contribution in [3.8, 4) is 11.1 Å². The summed E-state index contributed by atoms with van der Waals surface area (Å²) >= 11 is 0. The second-order valence-corrected chi connectivity index (χ2v) is 13.4. The first kappa shape index (κ1) is 31.2. The fraction of sp³-hybridized carbons (Fsp3) is 0.0833. The summed E-state index contributed by atoms with van der Waals surface area (Å²) in [5, 5.41) is 4.95. The van der Waals surface area contributed by atoms with Crippen molar-refractivity contribution < 1.29 is 0 Å². The molecular formula is C48H40N2. The minimum Gasteiger partial charge on any atom is -0.310 e. The quantitative estimate of drug-likeness (QED) is 0.170. The van der Waals surface area contributed by atoms with Crippen LogP contribution in [0.3, 0.4) is 0 Å². The van der Waals surface area contributed by atoms with E-state index in [0.29, 0.717) is 0 Å². The predicted molar refractivity (Wildman–Crippen MR) is 215 cm³/mol. The molecule has 0 saturated heterocycles. The number of nitrogens with zero attached hydrogens (tertiary/aromatic N) is 2. The lowest BCUT2D eigenvalue weighted by molar-refractivity contribution is 1.24. The summed E-state index contributed by atoms with van der Waals surface area (Å²) in [5.41, 5.74) is 14.3. The van der Waals surface area contributed by atoms with Crippen molar-refractivity contribution in [1.29, 1.82) is 0 Å². The van der Waals surface area contributed by atoms with Crippen LogP contribution in [0.2, 0.25) is 0 Å². The van der Waals surface area contributed by atoms with Crippen LogP contribution in [0.1, 0.15) is 22.3 Å². The Morgan fingerprint density at radius 2 is 0.660 bits per heavy atom. The molecule has 8 aromatic carbocycles. The van der Waals surface area contributed by atoms with Gasteiger partial charge in [0, 0.05) is 34.1 Å². The van der Waals surface area contributed by atoms with Crippen LogP contribution >= 0.6 is 0 Å². The summed E-state index contributed by atoms with van der Waals surface area (Å²) in [5.74, 6) is 0. The van der Waals surface area contributed by atoms with Crippen molar-refractivity contribution in [3.63, 3.8) is 0 Å². The molecule has 0 aromatic heterocycles. The van der Waals surface area contributed by atoms with E-state index in [0.717, 1.165) is 22.7 Å². The highest BCUT2D eigenvalue weighted by atomic mass is 15.1. The Bertz CT molecular complexity index is 2300. The van der Waals surface area contributed by atoms with E-state index < -0.39 is 0 Å². The molecule has 0 N–H and O–H groups in total. The number of aryl methyl sites for hydroxylation is 4. The van der Waals surface area contributed by atoms with Gasteiger partial charge in [0.05, 0.1) is 0 Å². The third-order valence-corrected chi connectivity index (χ3v) is 9.75. The molecule has 50 heavy (non-hydrogen) atoms. The molecule has 0 spiro atoms. The molecule has 0 fully saturated rings. The molecule has 8 aromatic rings. The van der Waals surface area contributed by atoms with E-state index in [1.807, 2.05) is 0 Å². The van der Waals surface area contributed by atoms with Crippen LogP contribution in [0.4, 0.5) is 34.1 Å². The van der Waals surface area contributed by atoms with Gasteiger partial charge in [-0.3, -0.25) is 0 Å². The van der Waals surface area contributed by atoms with E-state index in [9.17, 15) is 0 Å². The predicted octanol–water partition coefficient (Wildman–Crippen LogP) is 13.8. The molecule has 0 aliphatic carbocycles. The molecule has 0 amide bonds. The van der Waals surface area contributed by atoms with Gasteiger partial charge in [0.25, 0.3) is 0 Å². The highest BCUT2D eigenvalue weighted by Crippen LogP contribution is 2.41.